The van der Waals surface area contributed by atoms with E-state index in [0.29, 0.717) is 12.8 Å². The Bertz CT molecular complexity index is 828. The number of hydrogen-bond donors (Lipinski definition) is 1. The molecule has 0 aromatic carbocycles. The summed E-state index contributed by atoms with van der Waals surface area (Å²) in [6.07, 6.45) is 12.9. The Labute approximate surface area is 197 Å². The highest BCUT2D eigenvalue weighted by molar-refractivity contribution is 5.92. The van der Waals surface area contributed by atoms with Crippen molar-refractivity contribution in [3.8, 4) is 0 Å². The van der Waals surface area contributed by atoms with Crippen LogP contribution < -0.4 is 5.32 Å². The molecule has 33 heavy (non-hydrogen) atoms. The Morgan fingerprint density at radius 3 is 2.55 bits per heavy atom. The number of esters is 2. The molecule has 0 aromatic heterocycles. The van der Waals surface area contributed by atoms with Crippen molar-refractivity contribution in [1.29, 1.82) is 0 Å². The standard InChI is InChI=1S/C26H37NO6/c1-8-9-16-32-25(30)23(26(4,5)6)27-22(28)13-11-10-12-18(2)17-19(3)20-14-15-21(31-7)24(29)33-20/h8,10-13,15,17,19-20,23H,1,9,14,16H2,2-7H3,(H,27,28)/b12-10-,13-11-,18-17+/t19-,20-,23+/m0/s1. The Hall–Kier alpha value is -3.09. The number of methoxy groups -OCH3 is 1. The Kier molecular flexibility index (Phi) is 11.4. The molecule has 0 fully saturated rings. The van der Waals surface area contributed by atoms with Crippen molar-refractivity contribution >= 4 is 17.8 Å². The number of nitrogens with one attached hydrogen (secondary N) is 1. The molecular weight excluding hydrogens is 422 g/mol. The molecule has 3 atom stereocenters. The van der Waals surface area contributed by atoms with Crippen molar-refractivity contribution in [2.45, 2.75) is 59.6 Å². The summed E-state index contributed by atoms with van der Waals surface area (Å²) in [4.78, 5) is 36.5. The Balaban J connectivity index is 2.65. The van der Waals surface area contributed by atoms with Gasteiger partial charge in [0.05, 0.1) is 13.7 Å². The molecule has 182 valence electrons. The van der Waals surface area contributed by atoms with Crippen LogP contribution in [0.3, 0.4) is 0 Å². The number of carbonyl (C=O) groups is 3. The van der Waals surface area contributed by atoms with Gasteiger partial charge < -0.3 is 19.5 Å². The molecule has 0 unspecified atom stereocenters. The molecule has 0 bridgehead atoms. The third-order valence-corrected chi connectivity index (χ3v) is 5.00. The zero-order chi connectivity index (χ0) is 25.0. The highest BCUT2D eigenvalue weighted by Gasteiger charge is 2.33. The van der Waals surface area contributed by atoms with Crippen molar-refractivity contribution in [2.24, 2.45) is 11.3 Å². The Morgan fingerprint density at radius 2 is 1.97 bits per heavy atom. The zero-order valence-electron chi connectivity index (χ0n) is 20.6. The molecule has 0 radical (unpaired) electrons. The van der Waals surface area contributed by atoms with Gasteiger partial charge in [-0.05, 0) is 24.8 Å². The van der Waals surface area contributed by atoms with Gasteiger partial charge in [0.15, 0.2) is 5.76 Å². The summed E-state index contributed by atoms with van der Waals surface area (Å²) in [6.45, 7) is 13.3. The van der Waals surface area contributed by atoms with Gasteiger partial charge in [0.1, 0.15) is 12.1 Å². The van der Waals surface area contributed by atoms with E-state index in [9.17, 15) is 14.4 Å². The molecule has 1 aliphatic heterocycles. The minimum absolute atomic E-state index is 0.0141. The van der Waals surface area contributed by atoms with Crippen LogP contribution in [0.1, 0.15) is 47.5 Å². The van der Waals surface area contributed by atoms with E-state index in [4.69, 9.17) is 14.2 Å². The lowest BCUT2D eigenvalue weighted by Crippen LogP contribution is -2.49. The number of cyclic esters (lactones) is 1. The van der Waals surface area contributed by atoms with Crippen molar-refractivity contribution in [1.82, 2.24) is 5.32 Å². The number of rotatable bonds is 11. The summed E-state index contributed by atoms with van der Waals surface area (Å²) in [7, 11) is 1.44. The van der Waals surface area contributed by atoms with E-state index in [1.807, 2.05) is 46.8 Å². The molecule has 1 rings (SSSR count). The highest BCUT2D eigenvalue weighted by atomic mass is 16.6. The van der Waals surface area contributed by atoms with Gasteiger partial charge in [-0.3, -0.25) is 4.79 Å². The van der Waals surface area contributed by atoms with Crippen LogP contribution in [-0.2, 0) is 28.6 Å². The predicted molar refractivity (Wildman–Crippen MR) is 128 cm³/mol. The molecular formula is C26H37NO6. The van der Waals surface area contributed by atoms with Crippen molar-refractivity contribution in [3.63, 3.8) is 0 Å². The largest absolute Gasteiger partial charge is 0.490 e. The second-order valence-corrected chi connectivity index (χ2v) is 8.99. The molecule has 1 N–H and O–H groups in total. The molecule has 0 saturated heterocycles. The van der Waals surface area contributed by atoms with Gasteiger partial charge in [0.25, 0.3) is 0 Å². The van der Waals surface area contributed by atoms with E-state index in [0.717, 1.165) is 5.57 Å². The van der Waals surface area contributed by atoms with E-state index < -0.39 is 23.4 Å². The summed E-state index contributed by atoms with van der Waals surface area (Å²) < 4.78 is 15.6. The summed E-state index contributed by atoms with van der Waals surface area (Å²) >= 11 is 0. The number of carbonyl (C=O) groups excluding carboxylic acids is 3. The highest BCUT2D eigenvalue weighted by Crippen LogP contribution is 2.23. The van der Waals surface area contributed by atoms with Crippen LogP contribution >= 0.6 is 0 Å². The van der Waals surface area contributed by atoms with E-state index in [2.05, 4.69) is 11.9 Å². The van der Waals surface area contributed by atoms with Gasteiger partial charge >= 0.3 is 11.9 Å². The van der Waals surface area contributed by atoms with Crippen LogP contribution in [0.15, 0.2) is 60.4 Å². The molecule has 7 heteroatoms. The first-order chi connectivity index (χ1) is 15.5. The van der Waals surface area contributed by atoms with Crippen LogP contribution in [0.25, 0.3) is 0 Å². The maximum Gasteiger partial charge on any atom is 0.373 e. The summed E-state index contributed by atoms with van der Waals surface area (Å²) in [5.41, 5.74) is 0.463. The zero-order valence-corrected chi connectivity index (χ0v) is 20.6. The van der Waals surface area contributed by atoms with Gasteiger partial charge in [0, 0.05) is 18.4 Å². The number of ether oxygens (including phenoxy) is 3. The van der Waals surface area contributed by atoms with E-state index in [-0.39, 0.29) is 30.3 Å². The minimum Gasteiger partial charge on any atom is -0.490 e. The average molecular weight is 460 g/mol. The monoisotopic (exact) mass is 459 g/mol. The van der Waals surface area contributed by atoms with Crippen LogP contribution in [-0.4, -0.2) is 43.7 Å². The van der Waals surface area contributed by atoms with Gasteiger partial charge in [-0.1, -0.05) is 63.6 Å². The predicted octanol–water partition coefficient (Wildman–Crippen LogP) is 4.18. The van der Waals surface area contributed by atoms with Gasteiger partial charge in [-0.15, -0.1) is 6.58 Å². The summed E-state index contributed by atoms with van der Waals surface area (Å²) in [5.74, 6) is -1.05. The third-order valence-electron chi connectivity index (χ3n) is 5.00. The van der Waals surface area contributed by atoms with E-state index >= 15 is 0 Å². The van der Waals surface area contributed by atoms with Crippen LogP contribution in [0.4, 0.5) is 0 Å². The summed E-state index contributed by atoms with van der Waals surface area (Å²) in [5, 5.41) is 2.72. The SMILES string of the molecule is C=CCCOC(=O)[C@@H](NC(=O)\C=C/C=C\C(C)=C\[C@H](C)[C@@H]1CC=C(OC)C(=O)O1)C(C)(C)C. The van der Waals surface area contributed by atoms with Gasteiger partial charge in [-0.25, -0.2) is 9.59 Å². The smallest absolute Gasteiger partial charge is 0.373 e. The molecule has 1 amide bonds. The second kappa shape index (κ2) is 13.5. The van der Waals surface area contributed by atoms with Crippen LogP contribution in [0.2, 0.25) is 0 Å². The fraction of sp³-hybridized carbons (Fsp3) is 0.500. The first-order valence-electron chi connectivity index (χ1n) is 11.1. The average Bonchev–Trinajstić information content (AvgIpc) is 2.74. The third kappa shape index (κ3) is 9.93. The van der Waals surface area contributed by atoms with E-state index in [1.165, 1.54) is 13.2 Å². The summed E-state index contributed by atoms with van der Waals surface area (Å²) in [6, 6.07) is -0.767. The van der Waals surface area contributed by atoms with Crippen molar-refractivity contribution in [3.05, 3.63) is 60.4 Å². The molecule has 0 aromatic rings. The normalized spacial score (nSPS) is 19.0. The lowest BCUT2D eigenvalue weighted by atomic mass is 9.86. The number of allylic oxidation sites excluding steroid dienone is 4. The lowest BCUT2D eigenvalue weighted by molar-refractivity contribution is -0.151. The van der Waals surface area contributed by atoms with E-state index in [1.54, 1.807) is 24.3 Å². The Morgan fingerprint density at radius 1 is 1.30 bits per heavy atom. The number of hydrogen-bond acceptors (Lipinski definition) is 6. The topological polar surface area (TPSA) is 90.9 Å². The second-order valence-electron chi connectivity index (χ2n) is 8.99. The molecule has 1 heterocycles. The van der Waals surface area contributed by atoms with Gasteiger partial charge in [-0.2, -0.15) is 0 Å². The van der Waals surface area contributed by atoms with Crippen LogP contribution in [0, 0.1) is 11.3 Å². The quantitative estimate of drug-likeness (QED) is 0.164. The molecule has 0 saturated carbocycles. The van der Waals surface area contributed by atoms with Crippen molar-refractivity contribution < 1.29 is 28.6 Å². The first-order valence-corrected chi connectivity index (χ1v) is 11.1. The van der Waals surface area contributed by atoms with Crippen LogP contribution in [0.5, 0.6) is 0 Å². The maximum absolute atomic E-state index is 12.3. The molecule has 7 nitrogen and oxygen atoms in total. The van der Waals surface area contributed by atoms with Crippen molar-refractivity contribution in [2.75, 3.05) is 13.7 Å². The van der Waals surface area contributed by atoms with Gasteiger partial charge in [0.2, 0.25) is 5.91 Å². The number of amides is 1. The first kappa shape index (κ1) is 27.9. The minimum atomic E-state index is -0.767. The lowest BCUT2D eigenvalue weighted by Gasteiger charge is -2.29. The fourth-order valence-corrected chi connectivity index (χ4v) is 3.11. The molecule has 0 spiro atoms. The molecule has 1 aliphatic rings. The maximum atomic E-state index is 12.3. The molecule has 0 aliphatic carbocycles. The fourth-order valence-electron chi connectivity index (χ4n) is 3.11.